The van der Waals surface area contributed by atoms with Crippen molar-refractivity contribution in [2.24, 2.45) is 11.8 Å². The summed E-state index contributed by atoms with van der Waals surface area (Å²) in [5, 5.41) is 6.47. The minimum atomic E-state index is -0.227. The Balaban J connectivity index is 1.75. The molecular formula is C17H23FN2O. The highest BCUT2D eigenvalue weighted by molar-refractivity contribution is 5.79. The molecule has 1 amide bonds. The van der Waals surface area contributed by atoms with Crippen molar-refractivity contribution >= 4 is 5.91 Å². The van der Waals surface area contributed by atoms with Gasteiger partial charge in [-0.2, -0.15) is 0 Å². The fourth-order valence-electron chi connectivity index (χ4n) is 3.58. The maximum atomic E-state index is 13.1. The zero-order valence-corrected chi connectivity index (χ0v) is 12.3. The number of carbonyl (C=O) groups excluding carboxylic acids is 1. The monoisotopic (exact) mass is 290 g/mol. The van der Waals surface area contributed by atoms with Crippen molar-refractivity contribution < 1.29 is 9.18 Å². The third-order valence-electron chi connectivity index (χ3n) is 4.83. The van der Waals surface area contributed by atoms with E-state index in [0.29, 0.717) is 5.92 Å². The summed E-state index contributed by atoms with van der Waals surface area (Å²) < 4.78 is 13.1. The quantitative estimate of drug-likeness (QED) is 0.895. The Morgan fingerprint density at radius 3 is 2.52 bits per heavy atom. The van der Waals surface area contributed by atoms with Crippen LogP contribution in [0.25, 0.3) is 0 Å². The lowest BCUT2D eigenvalue weighted by molar-refractivity contribution is -0.125. The summed E-state index contributed by atoms with van der Waals surface area (Å²) in [6, 6.07) is 6.62. The van der Waals surface area contributed by atoms with Gasteiger partial charge in [-0.05, 0) is 49.4 Å². The van der Waals surface area contributed by atoms with Crippen LogP contribution in [-0.2, 0) is 4.79 Å². The zero-order valence-electron chi connectivity index (χ0n) is 12.3. The van der Waals surface area contributed by atoms with Gasteiger partial charge >= 0.3 is 0 Å². The first-order chi connectivity index (χ1) is 10.2. The van der Waals surface area contributed by atoms with Gasteiger partial charge < -0.3 is 10.6 Å². The summed E-state index contributed by atoms with van der Waals surface area (Å²) >= 11 is 0. The van der Waals surface area contributed by atoms with Crippen molar-refractivity contribution in [3.8, 4) is 0 Å². The van der Waals surface area contributed by atoms with Crippen molar-refractivity contribution in [3.05, 3.63) is 35.6 Å². The number of rotatable bonds is 4. The number of carbonyl (C=O) groups is 1. The average molecular weight is 290 g/mol. The molecule has 2 atom stereocenters. The maximum absolute atomic E-state index is 13.1. The molecule has 1 aliphatic carbocycles. The lowest BCUT2D eigenvalue weighted by atomic mass is 9.91. The Kier molecular flexibility index (Phi) is 4.54. The molecule has 0 bridgehead atoms. The first-order valence-corrected chi connectivity index (χ1v) is 8.00. The Morgan fingerprint density at radius 1 is 1.19 bits per heavy atom. The van der Waals surface area contributed by atoms with Crippen LogP contribution in [-0.4, -0.2) is 19.0 Å². The Bertz CT molecular complexity index is 476. The largest absolute Gasteiger partial charge is 0.349 e. The molecule has 0 radical (unpaired) electrons. The summed E-state index contributed by atoms with van der Waals surface area (Å²) in [6.45, 7) is 1.69. The van der Waals surface area contributed by atoms with Crippen LogP contribution >= 0.6 is 0 Å². The molecule has 4 heteroatoms. The summed E-state index contributed by atoms with van der Waals surface area (Å²) in [5.74, 6) is 0.472. The van der Waals surface area contributed by atoms with Gasteiger partial charge in [-0.15, -0.1) is 0 Å². The highest BCUT2D eigenvalue weighted by atomic mass is 19.1. The van der Waals surface area contributed by atoms with Crippen LogP contribution < -0.4 is 10.6 Å². The Hall–Kier alpha value is -1.42. The molecule has 2 unspecified atom stereocenters. The van der Waals surface area contributed by atoms with Gasteiger partial charge in [0, 0.05) is 6.54 Å². The molecule has 3 rings (SSSR count). The molecular weight excluding hydrogens is 267 g/mol. The van der Waals surface area contributed by atoms with Crippen molar-refractivity contribution in [2.75, 3.05) is 13.1 Å². The fourth-order valence-corrected chi connectivity index (χ4v) is 3.58. The predicted molar refractivity (Wildman–Crippen MR) is 80.2 cm³/mol. The Morgan fingerprint density at radius 2 is 1.90 bits per heavy atom. The molecule has 2 fully saturated rings. The lowest BCUT2D eigenvalue weighted by Gasteiger charge is -2.26. The van der Waals surface area contributed by atoms with E-state index in [1.807, 2.05) is 12.1 Å². The minimum Gasteiger partial charge on any atom is -0.349 e. The van der Waals surface area contributed by atoms with Crippen LogP contribution in [0.5, 0.6) is 0 Å². The number of hydrogen-bond acceptors (Lipinski definition) is 2. The summed E-state index contributed by atoms with van der Waals surface area (Å²) in [5.41, 5.74) is 1.03. The van der Waals surface area contributed by atoms with Gasteiger partial charge in [-0.25, -0.2) is 4.39 Å². The molecule has 2 aliphatic rings. The number of hydrogen-bond donors (Lipinski definition) is 2. The first kappa shape index (κ1) is 14.5. The smallest absolute Gasteiger partial charge is 0.224 e. The van der Waals surface area contributed by atoms with E-state index in [4.69, 9.17) is 0 Å². The van der Waals surface area contributed by atoms with Crippen LogP contribution in [0, 0.1) is 17.7 Å². The molecule has 114 valence electrons. The minimum absolute atomic E-state index is 0.0289. The molecule has 1 saturated carbocycles. The van der Waals surface area contributed by atoms with Crippen LogP contribution in [0.1, 0.15) is 43.7 Å². The molecule has 21 heavy (non-hydrogen) atoms. The fraction of sp³-hybridized carbons (Fsp3) is 0.588. The zero-order chi connectivity index (χ0) is 14.7. The number of halogens is 1. The standard InChI is InChI=1S/C17H23FN2O/c18-15-7-5-13(6-8-15)16(12-3-1-2-4-12)20-17(21)14-9-10-19-11-14/h5-8,12,14,16,19H,1-4,9-11H2,(H,20,21). The van der Waals surface area contributed by atoms with Gasteiger partial charge in [0.25, 0.3) is 0 Å². The van der Waals surface area contributed by atoms with Crippen molar-refractivity contribution in [3.63, 3.8) is 0 Å². The van der Waals surface area contributed by atoms with Crippen molar-refractivity contribution in [1.29, 1.82) is 0 Å². The van der Waals surface area contributed by atoms with Gasteiger partial charge in [0.2, 0.25) is 5.91 Å². The number of nitrogens with one attached hydrogen (secondary N) is 2. The second kappa shape index (κ2) is 6.56. The van der Waals surface area contributed by atoms with E-state index in [-0.39, 0.29) is 23.7 Å². The van der Waals surface area contributed by atoms with E-state index in [1.165, 1.54) is 25.0 Å². The topological polar surface area (TPSA) is 41.1 Å². The normalized spacial score (nSPS) is 24.1. The highest BCUT2D eigenvalue weighted by Crippen LogP contribution is 2.36. The van der Waals surface area contributed by atoms with Crippen LogP contribution in [0.2, 0.25) is 0 Å². The van der Waals surface area contributed by atoms with Gasteiger partial charge in [-0.3, -0.25) is 4.79 Å². The number of benzene rings is 1. The molecule has 0 aromatic heterocycles. The van der Waals surface area contributed by atoms with Crippen LogP contribution in [0.4, 0.5) is 4.39 Å². The molecule has 0 spiro atoms. The van der Waals surface area contributed by atoms with E-state index >= 15 is 0 Å². The Labute approximate surface area is 125 Å². The maximum Gasteiger partial charge on any atom is 0.224 e. The molecule has 1 aromatic carbocycles. The molecule has 1 aromatic rings. The van der Waals surface area contributed by atoms with Crippen molar-refractivity contribution in [1.82, 2.24) is 10.6 Å². The SMILES string of the molecule is O=C(NC(c1ccc(F)cc1)C1CCCC1)C1CCNC1. The second-order valence-corrected chi connectivity index (χ2v) is 6.27. The highest BCUT2D eigenvalue weighted by Gasteiger charge is 2.30. The summed E-state index contributed by atoms with van der Waals surface area (Å²) in [6.07, 6.45) is 5.65. The molecule has 3 nitrogen and oxygen atoms in total. The third kappa shape index (κ3) is 3.43. The molecule has 2 N–H and O–H groups in total. The van der Waals surface area contributed by atoms with E-state index < -0.39 is 0 Å². The van der Waals surface area contributed by atoms with E-state index in [9.17, 15) is 9.18 Å². The second-order valence-electron chi connectivity index (χ2n) is 6.27. The lowest BCUT2D eigenvalue weighted by Crippen LogP contribution is -2.37. The van der Waals surface area contributed by atoms with E-state index in [0.717, 1.165) is 37.9 Å². The van der Waals surface area contributed by atoms with Crippen LogP contribution in [0.15, 0.2) is 24.3 Å². The molecule has 1 saturated heterocycles. The van der Waals surface area contributed by atoms with Crippen LogP contribution in [0.3, 0.4) is 0 Å². The van der Waals surface area contributed by atoms with Gasteiger partial charge in [0.15, 0.2) is 0 Å². The molecule has 1 heterocycles. The summed E-state index contributed by atoms with van der Waals surface area (Å²) in [4.78, 5) is 12.4. The van der Waals surface area contributed by atoms with Gasteiger partial charge in [-0.1, -0.05) is 25.0 Å². The van der Waals surface area contributed by atoms with Gasteiger partial charge in [0.05, 0.1) is 12.0 Å². The number of amides is 1. The van der Waals surface area contributed by atoms with E-state index in [2.05, 4.69) is 10.6 Å². The predicted octanol–water partition coefficient (Wildman–Crippen LogP) is 2.78. The first-order valence-electron chi connectivity index (χ1n) is 8.00. The average Bonchev–Trinajstić information content (AvgIpc) is 3.19. The molecule has 1 aliphatic heterocycles. The summed E-state index contributed by atoms with van der Waals surface area (Å²) in [7, 11) is 0. The van der Waals surface area contributed by atoms with Crippen molar-refractivity contribution in [2.45, 2.75) is 38.1 Å². The van der Waals surface area contributed by atoms with Gasteiger partial charge in [0.1, 0.15) is 5.82 Å². The third-order valence-corrected chi connectivity index (χ3v) is 4.83. The van der Waals surface area contributed by atoms with E-state index in [1.54, 1.807) is 0 Å².